The standard InChI is InChI=1S/C15H20N6O2/c1-11-5-13(19-10-17-11)21-4-3-15(23,8-21)7-20(2)14(22)12-6-16-9-18-12/h5-6,9-10,23H,3-4,7-8H2,1-2H3,(H,16,18)/t15-/m0/s1. The van der Waals surface area contributed by atoms with Crippen LogP contribution in [0.2, 0.25) is 0 Å². The van der Waals surface area contributed by atoms with E-state index in [0.717, 1.165) is 11.5 Å². The van der Waals surface area contributed by atoms with Gasteiger partial charge in [-0.3, -0.25) is 4.79 Å². The van der Waals surface area contributed by atoms with Crippen LogP contribution >= 0.6 is 0 Å². The summed E-state index contributed by atoms with van der Waals surface area (Å²) in [5.74, 6) is 0.614. The number of aromatic amines is 1. The van der Waals surface area contributed by atoms with Crippen molar-refractivity contribution in [2.24, 2.45) is 0 Å². The maximum atomic E-state index is 12.2. The number of carbonyl (C=O) groups excluding carboxylic acids is 1. The molecule has 1 aliphatic rings. The van der Waals surface area contributed by atoms with Crippen molar-refractivity contribution in [3.8, 4) is 0 Å². The first-order valence-electron chi connectivity index (χ1n) is 7.47. The number of H-pyrrole nitrogens is 1. The quantitative estimate of drug-likeness (QED) is 0.837. The molecule has 0 spiro atoms. The predicted octanol–water partition coefficient (Wildman–Crippen LogP) is 0.222. The average molecular weight is 316 g/mol. The number of aliphatic hydroxyl groups is 1. The minimum atomic E-state index is -0.955. The SMILES string of the molecule is Cc1cc(N2CC[C@](O)(CN(C)C(=O)c3cnc[nH]3)C2)ncn1. The Morgan fingerprint density at radius 2 is 2.35 bits per heavy atom. The third-order valence-corrected chi connectivity index (χ3v) is 4.05. The molecule has 0 saturated carbocycles. The third kappa shape index (κ3) is 3.31. The summed E-state index contributed by atoms with van der Waals surface area (Å²) in [6.45, 7) is 3.29. The molecule has 1 fully saturated rings. The summed E-state index contributed by atoms with van der Waals surface area (Å²) in [5.41, 5.74) is 0.345. The van der Waals surface area contributed by atoms with Gasteiger partial charge in [-0.1, -0.05) is 0 Å². The van der Waals surface area contributed by atoms with Crippen molar-refractivity contribution < 1.29 is 9.90 Å². The molecule has 3 rings (SSSR count). The van der Waals surface area contributed by atoms with Gasteiger partial charge in [-0.2, -0.15) is 0 Å². The van der Waals surface area contributed by atoms with Crippen LogP contribution in [-0.2, 0) is 0 Å². The summed E-state index contributed by atoms with van der Waals surface area (Å²) < 4.78 is 0. The largest absolute Gasteiger partial charge is 0.386 e. The van der Waals surface area contributed by atoms with Crippen molar-refractivity contribution >= 4 is 11.7 Å². The second kappa shape index (κ2) is 5.96. The normalized spacial score (nSPS) is 20.7. The van der Waals surface area contributed by atoms with Gasteiger partial charge in [0.15, 0.2) is 0 Å². The van der Waals surface area contributed by atoms with E-state index in [1.807, 2.05) is 17.9 Å². The van der Waals surface area contributed by atoms with Gasteiger partial charge in [0.1, 0.15) is 23.4 Å². The second-order valence-corrected chi connectivity index (χ2v) is 6.04. The van der Waals surface area contributed by atoms with E-state index in [-0.39, 0.29) is 12.5 Å². The van der Waals surface area contributed by atoms with Gasteiger partial charge in [0, 0.05) is 31.9 Å². The topological polar surface area (TPSA) is 98.2 Å². The molecule has 8 nitrogen and oxygen atoms in total. The van der Waals surface area contributed by atoms with E-state index >= 15 is 0 Å². The van der Waals surface area contributed by atoms with Crippen molar-refractivity contribution in [2.45, 2.75) is 18.9 Å². The van der Waals surface area contributed by atoms with Crippen molar-refractivity contribution in [1.82, 2.24) is 24.8 Å². The van der Waals surface area contributed by atoms with E-state index in [9.17, 15) is 9.90 Å². The molecule has 122 valence electrons. The first-order chi connectivity index (χ1) is 11.0. The summed E-state index contributed by atoms with van der Waals surface area (Å²) in [7, 11) is 1.68. The first-order valence-corrected chi connectivity index (χ1v) is 7.47. The number of aryl methyl sites for hydroxylation is 1. The van der Waals surface area contributed by atoms with Gasteiger partial charge < -0.3 is 19.9 Å². The fourth-order valence-electron chi connectivity index (χ4n) is 2.89. The van der Waals surface area contributed by atoms with Crippen LogP contribution < -0.4 is 4.90 Å². The minimum Gasteiger partial charge on any atom is -0.386 e. The number of nitrogens with zero attached hydrogens (tertiary/aromatic N) is 5. The molecule has 23 heavy (non-hydrogen) atoms. The number of carbonyl (C=O) groups is 1. The Bertz CT molecular complexity index is 689. The lowest BCUT2D eigenvalue weighted by Crippen LogP contribution is -2.46. The van der Waals surface area contributed by atoms with E-state index in [4.69, 9.17) is 0 Å². The lowest BCUT2D eigenvalue weighted by molar-refractivity contribution is 0.0262. The van der Waals surface area contributed by atoms with Crippen LogP contribution in [0.1, 0.15) is 22.6 Å². The average Bonchev–Trinajstić information content (AvgIpc) is 3.16. The van der Waals surface area contributed by atoms with E-state index in [0.29, 0.717) is 25.2 Å². The Hall–Kier alpha value is -2.48. The molecule has 8 heteroatoms. The smallest absolute Gasteiger partial charge is 0.271 e. The highest BCUT2D eigenvalue weighted by Crippen LogP contribution is 2.26. The molecule has 0 aromatic carbocycles. The maximum Gasteiger partial charge on any atom is 0.271 e. The number of anilines is 1. The first kappa shape index (κ1) is 15.4. The Balaban J connectivity index is 1.65. The van der Waals surface area contributed by atoms with Gasteiger partial charge in [-0.25, -0.2) is 15.0 Å². The molecule has 2 aromatic rings. The van der Waals surface area contributed by atoms with Crippen molar-refractivity contribution in [2.75, 3.05) is 31.6 Å². The monoisotopic (exact) mass is 316 g/mol. The molecule has 0 aliphatic carbocycles. The van der Waals surface area contributed by atoms with Crippen LogP contribution in [0.25, 0.3) is 0 Å². The number of likely N-dealkylation sites (N-methyl/N-ethyl adjacent to an activating group) is 1. The van der Waals surface area contributed by atoms with E-state index in [1.165, 1.54) is 23.8 Å². The molecule has 0 unspecified atom stereocenters. The lowest BCUT2D eigenvalue weighted by Gasteiger charge is -2.29. The molecule has 1 aliphatic heterocycles. The van der Waals surface area contributed by atoms with E-state index in [2.05, 4.69) is 19.9 Å². The highest BCUT2D eigenvalue weighted by atomic mass is 16.3. The van der Waals surface area contributed by atoms with E-state index < -0.39 is 5.60 Å². The van der Waals surface area contributed by atoms with Crippen LogP contribution in [0.15, 0.2) is 24.9 Å². The number of β-amino-alcohol motifs (C(OH)–C–C–N with tert-alkyl or cyclic N) is 1. The molecule has 2 aromatic heterocycles. The van der Waals surface area contributed by atoms with Crippen molar-refractivity contribution in [1.29, 1.82) is 0 Å². The molecule has 1 saturated heterocycles. The number of rotatable bonds is 4. The summed E-state index contributed by atoms with van der Waals surface area (Å²) in [6, 6.07) is 1.89. The maximum absolute atomic E-state index is 12.2. The molecule has 1 atom stereocenters. The lowest BCUT2D eigenvalue weighted by atomic mass is 10.0. The molecular weight excluding hydrogens is 296 g/mol. The predicted molar refractivity (Wildman–Crippen MR) is 84.1 cm³/mol. The van der Waals surface area contributed by atoms with Crippen LogP contribution in [0.4, 0.5) is 5.82 Å². The molecule has 1 amide bonds. The number of imidazole rings is 1. The number of hydrogen-bond donors (Lipinski definition) is 2. The Labute approximate surface area is 134 Å². The van der Waals surface area contributed by atoms with Gasteiger partial charge in [-0.15, -0.1) is 0 Å². The number of nitrogens with one attached hydrogen (secondary N) is 1. The molecular formula is C15H20N6O2. The van der Waals surface area contributed by atoms with Gasteiger partial charge in [0.05, 0.1) is 19.1 Å². The van der Waals surface area contributed by atoms with Gasteiger partial charge in [0.2, 0.25) is 0 Å². The van der Waals surface area contributed by atoms with Crippen molar-refractivity contribution in [3.05, 3.63) is 36.3 Å². The highest BCUT2D eigenvalue weighted by Gasteiger charge is 2.38. The van der Waals surface area contributed by atoms with Gasteiger partial charge in [0.25, 0.3) is 5.91 Å². The highest BCUT2D eigenvalue weighted by molar-refractivity contribution is 5.91. The number of aromatic nitrogens is 4. The summed E-state index contributed by atoms with van der Waals surface area (Å²) in [6.07, 6.45) is 5.05. The summed E-state index contributed by atoms with van der Waals surface area (Å²) >= 11 is 0. The van der Waals surface area contributed by atoms with Crippen molar-refractivity contribution in [3.63, 3.8) is 0 Å². The van der Waals surface area contributed by atoms with Crippen LogP contribution in [-0.4, -0.2) is 68.1 Å². The minimum absolute atomic E-state index is 0.188. The zero-order chi connectivity index (χ0) is 16.4. The van der Waals surface area contributed by atoms with Crippen LogP contribution in [0.3, 0.4) is 0 Å². The van der Waals surface area contributed by atoms with Gasteiger partial charge in [-0.05, 0) is 13.3 Å². The van der Waals surface area contributed by atoms with E-state index in [1.54, 1.807) is 7.05 Å². The zero-order valence-corrected chi connectivity index (χ0v) is 13.2. The fraction of sp³-hybridized carbons (Fsp3) is 0.467. The van der Waals surface area contributed by atoms with Crippen LogP contribution in [0.5, 0.6) is 0 Å². The molecule has 0 bridgehead atoms. The molecule has 3 heterocycles. The molecule has 2 N–H and O–H groups in total. The van der Waals surface area contributed by atoms with Gasteiger partial charge >= 0.3 is 0 Å². The fourth-order valence-corrected chi connectivity index (χ4v) is 2.89. The number of hydrogen-bond acceptors (Lipinski definition) is 6. The Morgan fingerprint density at radius 1 is 1.52 bits per heavy atom. The van der Waals surface area contributed by atoms with Crippen LogP contribution in [0, 0.1) is 6.92 Å². The Morgan fingerprint density at radius 3 is 3.04 bits per heavy atom. The third-order valence-electron chi connectivity index (χ3n) is 4.05. The molecule has 0 radical (unpaired) electrons. The number of amides is 1. The summed E-state index contributed by atoms with van der Waals surface area (Å²) in [4.78, 5) is 30.7. The summed E-state index contributed by atoms with van der Waals surface area (Å²) in [5, 5.41) is 10.8. The Kier molecular flexibility index (Phi) is 3.99. The zero-order valence-electron chi connectivity index (χ0n) is 13.2. The second-order valence-electron chi connectivity index (χ2n) is 6.04.